The van der Waals surface area contributed by atoms with Crippen LogP contribution < -0.4 is 16.0 Å². The van der Waals surface area contributed by atoms with Gasteiger partial charge < -0.3 is 18.7 Å². The van der Waals surface area contributed by atoms with Gasteiger partial charge in [-0.3, -0.25) is 9.36 Å². The van der Waals surface area contributed by atoms with Crippen molar-refractivity contribution in [1.82, 2.24) is 24.1 Å². The number of methoxy groups -OCH3 is 1. The van der Waals surface area contributed by atoms with Crippen LogP contribution in [0.25, 0.3) is 22.2 Å². The van der Waals surface area contributed by atoms with Crippen LogP contribution in [0.15, 0.2) is 57.5 Å². The van der Waals surface area contributed by atoms with Gasteiger partial charge in [-0.05, 0) is 6.07 Å². The lowest BCUT2D eigenvalue weighted by Crippen LogP contribution is -2.36. The summed E-state index contributed by atoms with van der Waals surface area (Å²) in [6, 6.07) is 3.25. The van der Waals surface area contributed by atoms with Crippen LogP contribution in [0.4, 0.5) is 0 Å². The summed E-state index contributed by atoms with van der Waals surface area (Å²) >= 11 is 0. The summed E-state index contributed by atoms with van der Waals surface area (Å²) < 4.78 is 13.6. The first kappa shape index (κ1) is 18.5. The lowest BCUT2D eigenvalue weighted by Gasteiger charge is -2.10. The quantitative estimate of drug-likeness (QED) is 0.556. The second-order valence-electron chi connectivity index (χ2n) is 5.65. The fourth-order valence-electron chi connectivity index (χ4n) is 2.83. The standard InChI is InChI=1S/C17H15N5O4.ClH/c1-25-14-7-13-11(6-12(14)15-8-19-10-26-15)16(23)22(17(24)20-13)5-4-21-3-2-18-9-21;/h2-3,6-10H,4-5H2,1H3,(H,20,24);1H. The van der Waals surface area contributed by atoms with Crippen molar-refractivity contribution in [3.05, 3.63) is 64.3 Å². The van der Waals surface area contributed by atoms with Gasteiger partial charge in [0.05, 0.1) is 36.1 Å². The van der Waals surface area contributed by atoms with Crippen LogP contribution in [0.2, 0.25) is 0 Å². The van der Waals surface area contributed by atoms with E-state index < -0.39 is 5.69 Å². The smallest absolute Gasteiger partial charge is 0.328 e. The Bertz CT molecular complexity index is 1160. The number of aromatic nitrogens is 5. The average Bonchev–Trinajstić information content (AvgIpc) is 3.34. The van der Waals surface area contributed by atoms with Gasteiger partial charge in [0, 0.05) is 31.5 Å². The molecular formula is C17H16ClN5O4. The van der Waals surface area contributed by atoms with E-state index >= 15 is 0 Å². The van der Waals surface area contributed by atoms with E-state index in [1.807, 2.05) is 0 Å². The van der Waals surface area contributed by atoms with E-state index in [0.717, 1.165) is 0 Å². The van der Waals surface area contributed by atoms with Gasteiger partial charge in [0.1, 0.15) is 5.75 Å². The number of halogens is 1. The molecule has 0 radical (unpaired) electrons. The fourth-order valence-corrected chi connectivity index (χ4v) is 2.83. The van der Waals surface area contributed by atoms with Gasteiger partial charge in [-0.1, -0.05) is 0 Å². The lowest BCUT2D eigenvalue weighted by atomic mass is 10.1. The number of hydrogen-bond acceptors (Lipinski definition) is 6. The number of aryl methyl sites for hydroxylation is 1. The van der Waals surface area contributed by atoms with Crippen molar-refractivity contribution in [1.29, 1.82) is 0 Å². The third-order valence-electron chi connectivity index (χ3n) is 4.14. The summed E-state index contributed by atoms with van der Waals surface area (Å²) in [5.74, 6) is 0.944. The number of hydrogen-bond donors (Lipinski definition) is 1. The summed E-state index contributed by atoms with van der Waals surface area (Å²) in [7, 11) is 1.51. The number of rotatable bonds is 5. The monoisotopic (exact) mass is 389 g/mol. The Morgan fingerprint density at radius 2 is 2.07 bits per heavy atom. The van der Waals surface area contributed by atoms with Crippen LogP contribution >= 0.6 is 12.4 Å². The molecule has 4 rings (SSSR count). The minimum absolute atomic E-state index is 0. The number of nitrogens with zero attached hydrogens (tertiary/aromatic N) is 4. The zero-order valence-electron chi connectivity index (χ0n) is 14.3. The minimum atomic E-state index is -0.475. The first-order chi connectivity index (χ1) is 12.7. The van der Waals surface area contributed by atoms with Crippen molar-refractivity contribution in [3.8, 4) is 17.1 Å². The highest BCUT2D eigenvalue weighted by molar-refractivity contribution is 5.86. The molecule has 0 aliphatic rings. The molecule has 9 nitrogen and oxygen atoms in total. The predicted molar refractivity (Wildman–Crippen MR) is 100 cm³/mol. The molecule has 0 aliphatic carbocycles. The number of aromatic amines is 1. The Morgan fingerprint density at radius 1 is 1.22 bits per heavy atom. The summed E-state index contributed by atoms with van der Waals surface area (Å²) in [6.07, 6.45) is 7.88. The third-order valence-corrected chi connectivity index (χ3v) is 4.14. The molecule has 1 N–H and O–H groups in total. The first-order valence-corrected chi connectivity index (χ1v) is 7.87. The second kappa shape index (κ2) is 7.50. The molecule has 4 aromatic rings. The van der Waals surface area contributed by atoms with E-state index in [4.69, 9.17) is 9.15 Å². The summed E-state index contributed by atoms with van der Waals surface area (Å²) in [5.41, 5.74) is 0.131. The van der Waals surface area contributed by atoms with Gasteiger partial charge in [-0.2, -0.15) is 0 Å². The van der Waals surface area contributed by atoms with Crippen LogP contribution in [0.1, 0.15) is 0 Å². The molecular weight excluding hydrogens is 374 g/mol. The normalized spacial score (nSPS) is 10.7. The maximum absolute atomic E-state index is 12.9. The van der Waals surface area contributed by atoms with Crippen LogP contribution in [0.5, 0.6) is 5.75 Å². The van der Waals surface area contributed by atoms with Gasteiger partial charge in [0.2, 0.25) is 0 Å². The molecule has 3 heterocycles. The van der Waals surface area contributed by atoms with E-state index in [1.54, 1.807) is 35.4 Å². The van der Waals surface area contributed by atoms with Gasteiger partial charge >= 0.3 is 5.69 Å². The Kier molecular flexibility index (Phi) is 5.13. The molecule has 3 aromatic heterocycles. The molecule has 0 unspecified atom stereocenters. The summed E-state index contributed by atoms with van der Waals surface area (Å²) in [4.78, 5) is 35.8. The number of nitrogens with one attached hydrogen (secondary N) is 1. The van der Waals surface area contributed by atoms with Crippen LogP contribution in [0.3, 0.4) is 0 Å². The van der Waals surface area contributed by atoms with Crippen molar-refractivity contribution >= 4 is 23.3 Å². The van der Waals surface area contributed by atoms with E-state index in [0.29, 0.717) is 34.5 Å². The number of H-pyrrole nitrogens is 1. The highest BCUT2D eigenvalue weighted by atomic mass is 35.5. The summed E-state index contributed by atoms with van der Waals surface area (Å²) in [6.45, 7) is 0.684. The van der Waals surface area contributed by atoms with E-state index in [1.165, 1.54) is 24.3 Å². The predicted octanol–water partition coefficient (Wildman–Crippen LogP) is 1.67. The SMILES string of the molecule is COc1cc2[nH]c(=O)n(CCn3ccnc3)c(=O)c2cc1-c1cnco1.Cl. The highest BCUT2D eigenvalue weighted by Gasteiger charge is 2.15. The van der Waals surface area contributed by atoms with Crippen molar-refractivity contribution < 1.29 is 9.15 Å². The maximum Gasteiger partial charge on any atom is 0.328 e. The second-order valence-corrected chi connectivity index (χ2v) is 5.65. The Labute approximate surface area is 158 Å². The van der Waals surface area contributed by atoms with Gasteiger partial charge in [-0.25, -0.2) is 14.8 Å². The molecule has 0 amide bonds. The molecule has 0 saturated carbocycles. The Balaban J connectivity index is 0.00000210. The van der Waals surface area contributed by atoms with Crippen molar-refractivity contribution in [2.24, 2.45) is 0 Å². The number of benzene rings is 1. The van der Waals surface area contributed by atoms with Crippen LogP contribution in [0, 0.1) is 0 Å². The van der Waals surface area contributed by atoms with E-state index in [2.05, 4.69) is 15.0 Å². The minimum Gasteiger partial charge on any atom is -0.496 e. The molecule has 27 heavy (non-hydrogen) atoms. The van der Waals surface area contributed by atoms with Crippen LogP contribution in [-0.4, -0.2) is 31.2 Å². The van der Waals surface area contributed by atoms with E-state index in [-0.39, 0.29) is 24.5 Å². The molecule has 140 valence electrons. The largest absolute Gasteiger partial charge is 0.496 e. The molecule has 0 saturated heterocycles. The number of oxazole rings is 1. The third kappa shape index (κ3) is 3.36. The van der Waals surface area contributed by atoms with Crippen LogP contribution in [-0.2, 0) is 13.1 Å². The van der Waals surface area contributed by atoms with Crippen molar-refractivity contribution in [3.63, 3.8) is 0 Å². The summed E-state index contributed by atoms with van der Waals surface area (Å²) in [5, 5.41) is 0.363. The molecule has 0 spiro atoms. The zero-order valence-corrected chi connectivity index (χ0v) is 15.1. The first-order valence-electron chi connectivity index (χ1n) is 7.87. The van der Waals surface area contributed by atoms with Gasteiger partial charge in [0.15, 0.2) is 12.2 Å². The molecule has 0 bridgehead atoms. The lowest BCUT2D eigenvalue weighted by molar-refractivity contribution is 0.415. The number of fused-ring (bicyclic) bond motifs is 1. The highest BCUT2D eigenvalue weighted by Crippen LogP contribution is 2.32. The molecule has 0 aliphatic heterocycles. The molecule has 1 aromatic carbocycles. The number of ether oxygens (including phenoxy) is 1. The maximum atomic E-state index is 12.9. The van der Waals surface area contributed by atoms with Gasteiger partial charge in [-0.15, -0.1) is 12.4 Å². The molecule has 0 fully saturated rings. The topological polar surface area (TPSA) is 108 Å². The zero-order chi connectivity index (χ0) is 18.1. The Morgan fingerprint density at radius 3 is 2.74 bits per heavy atom. The van der Waals surface area contributed by atoms with E-state index in [9.17, 15) is 9.59 Å². The fraction of sp³-hybridized carbons (Fsp3) is 0.176. The molecule has 0 atom stereocenters. The van der Waals surface area contributed by atoms with Crippen molar-refractivity contribution in [2.45, 2.75) is 13.1 Å². The number of imidazole rings is 1. The average molecular weight is 390 g/mol. The molecule has 10 heteroatoms. The Hall–Kier alpha value is -3.33. The van der Waals surface area contributed by atoms with Gasteiger partial charge in [0.25, 0.3) is 5.56 Å². The van der Waals surface area contributed by atoms with Crippen molar-refractivity contribution in [2.75, 3.05) is 7.11 Å².